The number of nitrogens with one attached hydrogen (secondary N) is 2. The first-order chi connectivity index (χ1) is 15.8. The van der Waals surface area contributed by atoms with Gasteiger partial charge in [0.2, 0.25) is 0 Å². The van der Waals surface area contributed by atoms with E-state index in [-0.39, 0.29) is 6.04 Å². The second-order valence-corrected chi connectivity index (χ2v) is 9.22. The number of benzene rings is 1. The monoisotopic (exact) mass is 443 g/mol. The van der Waals surface area contributed by atoms with Crippen LogP contribution in [0.1, 0.15) is 50.6 Å². The predicted molar refractivity (Wildman–Crippen MR) is 129 cm³/mol. The zero-order valence-electron chi connectivity index (χ0n) is 19.9. The van der Waals surface area contributed by atoms with Gasteiger partial charge in [0.1, 0.15) is 5.75 Å². The molecule has 0 radical (unpaired) electrons. The van der Waals surface area contributed by atoms with Gasteiger partial charge in [-0.05, 0) is 43.9 Å². The van der Waals surface area contributed by atoms with Crippen molar-refractivity contribution in [3.8, 4) is 5.75 Å². The van der Waals surface area contributed by atoms with Gasteiger partial charge in [-0.2, -0.15) is 0 Å². The highest BCUT2D eigenvalue weighted by molar-refractivity contribution is 5.80. The Balaban J connectivity index is 1.41. The van der Waals surface area contributed by atoms with Gasteiger partial charge in [-0.25, -0.2) is 0 Å². The average Bonchev–Trinajstić information content (AvgIpc) is 3.53. The van der Waals surface area contributed by atoms with Crippen molar-refractivity contribution < 1.29 is 9.47 Å². The Morgan fingerprint density at radius 1 is 1.12 bits per heavy atom. The fourth-order valence-electron chi connectivity index (χ4n) is 5.34. The van der Waals surface area contributed by atoms with E-state index in [1.807, 2.05) is 12.1 Å². The molecule has 2 saturated heterocycles. The molecule has 1 aromatic carbocycles. The Hall–Kier alpha value is -1.83. The molecule has 2 unspecified atom stereocenters. The molecule has 1 aromatic rings. The van der Waals surface area contributed by atoms with E-state index in [9.17, 15) is 0 Å². The van der Waals surface area contributed by atoms with E-state index in [0.29, 0.717) is 6.04 Å². The fourth-order valence-corrected chi connectivity index (χ4v) is 5.34. The van der Waals surface area contributed by atoms with Gasteiger partial charge in [0.15, 0.2) is 5.96 Å². The summed E-state index contributed by atoms with van der Waals surface area (Å²) in [4.78, 5) is 10.2. The molecule has 0 spiro atoms. The quantitative estimate of drug-likeness (QED) is 0.476. The van der Waals surface area contributed by atoms with Crippen molar-refractivity contribution >= 4 is 5.96 Å². The van der Waals surface area contributed by atoms with Crippen LogP contribution in [0, 0.1) is 0 Å². The highest BCUT2D eigenvalue weighted by Crippen LogP contribution is 2.27. The zero-order chi connectivity index (χ0) is 22.2. The molecule has 3 fully saturated rings. The molecule has 2 aliphatic heterocycles. The van der Waals surface area contributed by atoms with Crippen LogP contribution in [0.15, 0.2) is 29.3 Å². The van der Waals surface area contributed by atoms with Gasteiger partial charge >= 0.3 is 0 Å². The van der Waals surface area contributed by atoms with Crippen LogP contribution in [-0.4, -0.2) is 87.4 Å². The highest BCUT2D eigenvalue weighted by Gasteiger charge is 2.30. The SMILES string of the molecule is CCNC(=NCC(c1ccc(OC)cc1)N1CCOCC1)NC1CCN(C2CCCC2)C1. The van der Waals surface area contributed by atoms with Crippen LogP contribution in [-0.2, 0) is 4.74 Å². The summed E-state index contributed by atoms with van der Waals surface area (Å²) in [6, 6.07) is 9.96. The smallest absolute Gasteiger partial charge is 0.191 e. The number of nitrogens with zero attached hydrogens (tertiary/aromatic N) is 3. The van der Waals surface area contributed by atoms with Crippen LogP contribution < -0.4 is 15.4 Å². The minimum atomic E-state index is 0.235. The van der Waals surface area contributed by atoms with Gasteiger partial charge in [-0.15, -0.1) is 0 Å². The van der Waals surface area contributed by atoms with E-state index in [1.165, 1.54) is 44.2 Å². The first-order valence-corrected chi connectivity index (χ1v) is 12.5. The molecule has 7 nitrogen and oxygen atoms in total. The lowest BCUT2D eigenvalue weighted by molar-refractivity contribution is 0.0179. The fraction of sp³-hybridized carbons (Fsp3) is 0.720. The number of hydrogen-bond donors (Lipinski definition) is 2. The van der Waals surface area contributed by atoms with Crippen LogP contribution in [0.5, 0.6) is 5.75 Å². The molecule has 1 aliphatic carbocycles. The number of rotatable bonds is 8. The molecule has 178 valence electrons. The third-order valence-corrected chi connectivity index (χ3v) is 7.16. The molecule has 2 atom stereocenters. The van der Waals surface area contributed by atoms with Crippen LogP contribution in [0.3, 0.4) is 0 Å². The Labute approximate surface area is 193 Å². The lowest BCUT2D eigenvalue weighted by atomic mass is 10.0. The Morgan fingerprint density at radius 2 is 1.88 bits per heavy atom. The third kappa shape index (κ3) is 6.15. The van der Waals surface area contributed by atoms with E-state index >= 15 is 0 Å². The lowest BCUT2D eigenvalue weighted by Gasteiger charge is -2.34. The lowest BCUT2D eigenvalue weighted by Crippen LogP contribution is -2.46. The predicted octanol–water partition coefficient (Wildman–Crippen LogP) is 2.64. The van der Waals surface area contributed by atoms with Crippen molar-refractivity contribution in [2.75, 3.05) is 59.6 Å². The normalized spacial score (nSPS) is 24.6. The van der Waals surface area contributed by atoms with Crippen molar-refractivity contribution in [2.24, 2.45) is 4.99 Å². The minimum absolute atomic E-state index is 0.235. The third-order valence-electron chi connectivity index (χ3n) is 7.16. The van der Waals surface area contributed by atoms with Crippen LogP contribution in [0.2, 0.25) is 0 Å². The molecule has 3 aliphatic rings. The summed E-state index contributed by atoms with van der Waals surface area (Å²) in [5.74, 6) is 1.83. The number of methoxy groups -OCH3 is 1. The van der Waals surface area contributed by atoms with Crippen molar-refractivity contribution in [3.63, 3.8) is 0 Å². The molecule has 0 amide bonds. The number of hydrogen-bond acceptors (Lipinski definition) is 5. The van der Waals surface area contributed by atoms with Crippen LogP contribution in [0.25, 0.3) is 0 Å². The standard InChI is InChI=1S/C25H41N5O2/c1-3-26-25(28-21-12-13-30(19-21)22-6-4-5-7-22)27-18-24(29-14-16-32-17-15-29)20-8-10-23(31-2)11-9-20/h8-11,21-22,24H,3-7,12-19H2,1-2H3,(H2,26,27,28). The van der Waals surface area contributed by atoms with E-state index in [1.54, 1.807) is 7.11 Å². The topological polar surface area (TPSA) is 61.4 Å². The molecule has 0 aromatic heterocycles. The van der Waals surface area contributed by atoms with Crippen molar-refractivity contribution in [1.29, 1.82) is 0 Å². The number of morpholine rings is 1. The molecule has 1 saturated carbocycles. The molecule has 4 rings (SSSR count). The van der Waals surface area contributed by atoms with Crippen molar-refractivity contribution in [3.05, 3.63) is 29.8 Å². The summed E-state index contributed by atoms with van der Waals surface area (Å²) in [6.45, 7) is 9.53. The molecular weight excluding hydrogens is 402 g/mol. The van der Waals surface area contributed by atoms with E-state index < -0.39 is 0 Å². The Kier molecular flexibility index (Phi) is 8.65. The summed E-state index contributed by atoms with van der Waals surface area (Å²) in [5, 5.41) is 7.21. The van der Waals surface area contributed by atoms with Crippen molar-refractivity contribution in [2.45, 2.75) is 57.2 Å². The second-order valence-electron chi connectivity index (χ2n) is 9.22. The summed E-state index contributed by atoms with van der Waals surface area (Å²) < 4.78 is 11.0. The highest BCUT2D eigenvalue weighted by atomic mass is 16.5. The number of ether oxygens (including phenoxy) is 2. The maximum absolute atomic E-state index is 5.60. The molecule has 2 heterocycles. The second kappa shape index (κ2) is 11.9. The zero-order valence-corrected chi connectivity index (χ0v) is 19.9. The van der Waals surface area contributed by atoms with Gasteiger partial charge in [0.25, 0.3) is 0 Å². The van der Waals surface area contributed by atoms with E-state index in [2.05, 4.69) is 39.5 Å². The first kappa shape index (κ1) is 23.3. The van der Waals surface area contributed by atoms with Gasteiger partial charge in [-0.1, -0.05) is 25.0 Å². The molecule has 0 bridgehead atoms. The maximum Gasteiger partial charge on any atom is 0.191 e. The van der Waals surface area contributed by atoms with Crippen LogP contribution >= 0.6 is 0 Å². The van der Waals surface area contributed by atoms with Gasteiger partial charge in [-0.3, -0.25) is 14.8 Å². The molecule has 7 heteroatoms. The molecule has 2 N–H and O–H groups in total. The van der Waals surface area contributed by atoms with E-state index in [4.69, 9.17) is 14.5 Å². The summed E-state index contributed by atoms with van der Waals surface area (Å²) in [7, 11) is 1.71. The van der Waals surface area contributed by atoms with Gasteiger partial charge < -0.3 is 20.1 Å². The average molecular weight is 444 g/mol. The number of aliphatic imine (C=N–C) groups is 1. The summed E-state index contributed by atoms with van der Waals surface area (Å²) in [6.07, 6.45) is 6.76. The summed E-state index contributed by atoms with van der Waals surface area (Å²) >= 11 is 0. The van der Waals surface area contributed by atoms with E-state index in [0.717, 1.165) is 63.7 Å². The van der Waals surface area contributed by atoms with Gasteiger partial charge in [0.05, 0.1) is 32.9 Å². The minimum Gasteiger partial charge on any atom is -0.497 e. The van der Waals surface area contributed by atoms with Crippen molar-refractivity contribution in [1.82, 2.24) is 20.4 Å². The number of likely N-dealkylation sites (tertiary alicyclic amines) is 1. The Morgan fingerprint density at radius 3 is 2.56 bits per heavy atom. The van der Waals surface area contributed by atoms with Gasteiger partial charge in [0, 0.05) is 44.8 Å². The molecule has 32 heavy (non-hydrogen) atoms. The largest absolute Gasteiger partial charge is 0.497 e. The molecular formula is C25H41N5O2. The summed E-state index contributed by atoms with van der Waals surface area (Å²) in [5.41, 5.74) is 1.28. The Bertz CT molecular complexity index is 714. The number of guanidine groups is 1. The van der Waals surface area contributed by atoms with Crippen LogP contribution in [0.4, 0.5) is 0 Å². The maximum atomic E-state index is 5.60. The first-order valence-electron chi connectivity index (χ1n) is 12.5.